The minimum atomic E-state index is 0.409. The number of nitrogens with one attached hydrogen (secondary N) is 1. The first kappa shape index (κ1) is 16.0. The van der Waals surface area contributed by atoms with Crippen molar-refractivity contribution in [2.45, 2.75) is 33.2 Å². The van der Waals surface area contributed by atoms with Gasteiger partial charge in [-0.1, -0.05) is 19.9 Å². The maximum Gasteiger partial charge on any atom is 0.119 e. The van der Waals surface area contributed by atoms with Crippen LogP contribution in [0.3, 0.4) is 0 Å². The number of ether oxygens (including phenoxy) is 1. The fraction of sp³-hybridized carbons (Fsp3) is 0.625. The first-order valence-corrected chi connectivity index (χ1v) is 7.20. The molecule has 0 saturated carbocycles. The van der Waals surface area contributed by atoms with Crippen molar-refractivity contribution in [3.05, 3.63) is 29.3 Å². The van der Waals surface area contributed by atoms with E-state index < -0.39 is 0 Å². The fourth-order valence-electron chi connectivity index (χ4n) is 2.47. The van der Waals surface area contributed by atoms with Gasteiger partial charge in [-0.3, -0.25) is 0 Å². The molecule has 0 saturated heterocycles. The Morgan fingerprint density at radius 1 is 1.26 bits per heavy atom. The summed E-state index contributed by atoms with van der Waals surface area (Å²) in [4.78, 5) is 2.46. The highest BCUT2D eigenvalue weighted by Gasteiger charge is 2.13. The topological polar surface area (TPSA) is 24.5 Å². The van der Waals surface area contributed by atoms with E-state index in [4.69, 9.17) is 4.74 Å². The van der Waals surface area contributed by atoms with Gasteiger partial charge in [-0.2, -0.15) is 0 Å². The Bertz CT molecular complexity index is 375. The summed E-state index contributed by atoms with van der Waals surface area (Å²) in [7, 11) is 3.75. The first-order chi connectivity index (χ1) is 9.15. The molecular weight excluding hydrogens is 236 g/mol. The van der Waals surface area contributed by atoms with Gasteiger partial charge in [0.2, 0.25) is 0 Å². The lowest BCUT2D eigenvalue weighted by Gasteiger charge is -2.24. The van der Waals surface area contributed by atoms with Crippen molar-refractivity contribution in [1.29, 1.82) is 0 Å². The molecular formula is C16H28N2O. The third-order valence-corrected chi connectivity index (χ3v) is 3.83. The van der Waals surface area contributed by atoms with E-state index >= 15 is 0 Å². The first-order valence-electron chi connectivity index (χ1n) is 7.20. The van der Waals surface area contributed by atoms with E-state index in [9.17, 15) is 0 Å². The van der Waals surface area contributed by atoms with Gasteiger partial charge in [-0.25, -0.2) is 0 Å². The van der Waals surface area contributed by atoms with E-state index in [1.54, 1.807) is 7.11 Å². The molecule has 3 nitrogen and oxygen atoms in total. The fourth-order valence-corrected chi connectivity index (χ4v) is 2.47. The third kappa shape index (κ3) is 4.51. The minimum absolute atomic E-state index is 0.409. The summed E-state index contributed by atoms with van der Waals surface area (Å²) in [5, 5.41) is 3.43. The van der Waals surface area contributed by atoms with Crippen LogP contribution in [0.25, 0.3) is 0 Å². The zero-order valence-corrected chi connectivity index (χ0v) is 13.0. The molecule has 1 unspecified atom stereocenters. The molecule has 1 aromatic carbocycles. The van der Waals surface area contributed by atoms with Crippen molar-refractivity contribution in [3.8, 4) is 5.75 Å². The molecule has 1 N–H and O–H groups in total. The summed E-state index contributed by atoms with van der Waals surface area (Å²) >= 11 is 0. The van der Waals surface area contributed by atoms with Crippen LogP contribution in [0.5, 0.6) is 5.75 Å². The lowest BCUT2D eigenvalue weighted by atomic mass is 9.98. The third-order valence-electron chi connectivity index (χ3n) is 3.83. The largest absolute Gasteiger partial charge is 0.497 e. The summed E-state index contributed by atoms with van der Waals surface area (Å²) in [6, 6.07) is 6.74. The Morgan fingerprint density at radius 2 is 1.95 bits per heavy atom. The summed E-state index contributed by atoms with van der Waals surface area (Å²) in [5.41, 5.74) is 2.66. The molecule has 0 aliphatic heterocycles. The molecule has 1 aromatic rings. The SMILES string of the molecule is CCN(CC)CCC(NC)c1ccc(OC)cc1C. The second kappa shape index (κ2) is 8.18. The Hall–Kier alpha value is -1.06. The van der Waals surface area contributed by atoms with Gasteiger partial charge in [0.15, 0.2) is 0 Å². The molecule has 0 amide bonds. The molecule has 3 heteroatoms. The van der Waals surface area contributed by atoms with Crippen molar-refractivity contribution in [3.63, 3.8) is 0 Å². The van der Waals surface area contributed by atoms with Crippen molar-refractivity contribution >= 4 is 0 Å². The monoisotopic (exact) mass is 264 g/mol. The van der Waals surface area contributed by atoms with E-state index in [1.807, 2.05) is 13.1 Å². The molecule has 1 atom stereocenters. The second-order valence-corrected chi connectivity index (χ2v) is 4.88. The summed E-state index contributed by atoms with van der Waals surface area (Å²) < 4.78 is 5.27. The molecule has 0 bridgehead atoms. The molecule has 108 valence electrons. The van der Waals surface area contributed by atoms with Crippen LogP contribution in [0.4, 0.5) is 0 Å². The number of hydrogen-bond donors (Lipinski definition) is 1. The smallest absolute Gasteiger partial charge is 0.119 e. The van der Waals surface area contributed by atoms with Crippen molar-refractivity contribution in [2.24, 2.45) is 0 Å². The standard InChI is InChI=1S/C16H28N2O/c1-6-18(7-2)11-10-16(17-4)15-9-8-14(19-5)12-13(15)3/h8-9,12,16-17H,6-7,10-11H2,1-5H3. The molecule has 0 aromatic heterocycles. The summed E-state index contributed by atoms with van der Waals surface area (Å²) in [5.74, 6) is 0.930. The summed E-state index contributed by atoms with van der Waals surface area (Å²) in [6.07, 6.45) is 1.13. The number of nitrogens with zero attached hydrogens (tertiary/aromatic N) is 1. The van der Waals surface area contributed by atoms with Crippen molar-refractivity contribution in [2.75, 3.05) is 33.8 Å². The number of aryl methyl sites for hydroxylation is 1. The quantitative estimate of drug-likeness (QED) is 0.781. The summed E-state index contributed by atoms with van der Waals surface area (Å²) in [6.45, 7) is 9.96. The van der Waals surface area contributed by atoms with E-state index in [2.05, 4.69) is 43.1 Å². The van der Waals surface area contributed by atoms with Crippen LogP contribution in [0, 0.1) is 6.92 Å². The van der Waals surface area contributed by atoms with E-state index in [0.717, 1.165) is 31.8 Å². The van der Waals surface area contributed by atoms with Gasteiger partial charge < -0.3 is 15.0 Å². The molecule has 19 heavy (non-hydrogen) atoms. The Labute approximate surface area is 118 Å². The van der Waals surface area contributed by atoms with Crippen LogP contribution in [0.2, 0.25) is 0 Å². The van der Waals surface area contributed by atoms with Crippen LogP contribution < -0.4 is 10.1 Å². The van der Waals surface area contributed by atoms with E-state index in [-0.39, 0.29) is 0 Å². The number of benzene rings is 1. The van der Waals surface area contributed by atoms with E-state index in [1.165, 1.54) is 11.1 Å². The van der Waals surface area contributed by atoms with Crippen LogP contribution in [-0.4, -0.2) is 38.7 Å². The van der Waals surface area contributed by atoms with Gasteiger partial charge in [-0.05, 0) is 63.3 Å². The van der Waals surface area contributed by atoms with Gasteiger partial charge in [-0.15, -0.1) is 0 Å². The maximum atomic E-state index is 5.27. The Kier molecular flexibility index (Phi) is 6.89. The Morgan fingerprint density at radius 3 is 2.42 bits per heavy atom. The van der Waals surface area contributed by atoms with Crippen LogP contribution >= 0.6 is 0 Å². The minimum Gasteiger partial charge on any atom is -0.497 e. The molecule has 1 rings (SSSR count). The molecule has 0 radical (unpaired) electrons. The van der Waals surface area contributed by atoms with Crippen molar-refractivity contribution in [1.82, 2.24) is 10.2 Å². The molecule has 0 spiro atoms. The highest BCUT2D eigenvalue weighted by Crippen LogP contribution is 2.24. The number of methoxy groups -OCH3 is 1. The highest BCUT2D eigenvalue weighted by molar-refractivity contribution is 5.36. The molecule has 0 aliphatic rings. The number of rotatable bonds is 8. The lowest BCUT2D eigenvalue weighted by Crippen LogP contribution is -2.28. The predicted molar refractivity (Wildman–Crippen MR) is 81.9 cm³/mol. The molecule has 0 heterocycles. The van der Waals surface area contributed by atoms with E-state index in [0.29, 0.717) is 6.04 Å². The maximum absolute atomic E-state index is 5.27. The van der Waals surface area contributed by atoms with Crippen LogP contribution in [0.15, 0.2) is 18.2 Å². The normalized spacial score (nSPS) is 12.7. The zero-order valence-electron chi connectivity index (χ0n) is 13.0. The van der Waals surface area contributed by atoms with Crippen LogP contribution in [-0.2, 0) is 0 Å². The molecule has 0 aliphatic carbocycles. The van der Waals surface area contributed by atoms with Gasteiger partial charge in [0, 0.05) is 6.04 Å². The van der Waals surface area contributed by atoms with Gasteiger partial charge in [0.1, 0.15) is 5.75 Å². The highest BCUT2D eigenvalue weighted by atomic mass is 16.5. The number of hydrogen-bond acceptors (Lipinski definition) is 3. The van der Waals surface area contributed by atoms with Gasteiger partial charge >= 0.3 is 0 Å². The lowest BCUT2D eigenvalue weighted by molar-refractivity contribution is 0.284. The zero-order chi connectivity index (χ0) is 14.3. The Balaban J connectivity index is 2.74. The van der Waals surface area contributed by atoms with Crippen LogP contribution in [0.1, 0.15) is 37.4 Å². The van der Waals surface area contributed by atoms with Gasteiger partial charge in [0.05, 0.1) is 7.11 Å². The average Bonchev–Trinajstić information content (AvgIpc) is 2.44. The average molecular weight is 264 g/mol. The predicted octanol–water partition coefficient (Wildman–Crippen LogP) is 3.00. The van der Waals surface area contributed by atoms with Crippen molar-refractivity contribution < 1.29 is 4.74 Å². The second-order valence-electron chi connectivity index (χ2n) is 4.88. The molecule has 0 fully saturated rings. The van der Waals surface area contributed by atoms with Gasteiger partial charge in [0.25, 0.3) is 0 Å².